The Hall–Kier alpha value is -2.24. The lowest BCUT2D eigenvalue weighted by atomic mass is 10.1. The van der Waals surface area contributed by atoms with E-state index in [1.165, 1.54) is 0 Å². The molecule has 1 fully saturated rings. The summed E-state index contributed by atoms with van der Waals surface area (Å²) in [7, 11) is 0. The number of urea groups is 1. The summed E-state index contributed by atoms with van der Waals surface area (Å²) in [5, 5.41) is 5.70. The van der Waals surface area contributed by atoms with Gasteiger partial charge in [-0.15, -0.1) is 0 Å². The monoisotopic (exact) mass is 319 g/mol. The van der Waals surface area contributed by atoms with E-state index in [-0.39, 0.29) is 23.5 Å². The third kappa shape index (κ3) is 4.87. The summed E-state index contributed by atoms with van der Waals surface area (Å²) >= 11 is 0. The number of amides is 3. The molecule has 0 radical (unpaired) electrons. The maximum Gasteiger partial charge on any atom is 0.315 e. The van der Waals surface area contributed by atoms with Crippen LogP contribution in [-0.4, -0.2) is 36.7 Å². The number of carbonyl (C=O) groups is 2. The summed E-state index contributed by atoms with van der Waals surface area (Å²) < 4.78 is 5.40. The minimum absolute atomic E-state index is 0.00946. The predicted octanol–water partition coefficient (Wildman–Crippen LogP) is 2.29. The molecular weight excluding hydrogens is 294 g/mol. The molecule has 0 aliphatic carbocycles. The zero-order valence-corrected chi connectivity index (χ0v) is 14.2. The van der Waals surface area contributed by atoms with Gasteiger partial charge in [-0.2, -0.15) is 0 Å². The van der Waals surface area contributed by atoms with Crippen LogP contribution < -0.4 is 20.3 Å². The van der Waals surface area contributed by atoms with Crippen molar-refractivity contribution in [3.63, 3.8) is 0 Å². The zero-order chi connectivity index (χ0) is 17.0. The van der Waals surface area contributed by atoms with E-state index in [0.29, 0.717) is 19.6 Å². The van der Waals surface area contributed by atoms with E-state index in [4.69, 9.17) is 4.74 Å². The number of nitrogens with one attached hydrogen (secondary N) is 2. The zero-order valence-electron chi connectivity index (χ0n) is 14.2. The van der Waals surface area contributed by atoms with Gasteiger partial charge in [0.2, 0.25) is 5.91 Å². The third-order valence-electron chi connectivity index (χ3n) is 3.41. The largest absolute Gasteiger partial charge is 0.494 e. The van der Waals surface area contributed by atoms with Crippen LogP contribution in [0.3, 0.4) is 0 Å². The number of anilines is 1. The van der Waals surface area contributed by atoms with E-state index in [0.717, 1.165) is 11.4 Å². The highest BCUT2D eigenvalue weighted by Gasteiger charge is 2.32. The fourth-order valence-electron chi connectivity index (χ4n) is 2.50. The quantitative estimate of drug-likeness (QED) is 0.894. The van der Waals surface area contributed by atoms with Gasteiger partial charge in [-0.3, -0.25) is 4.79 Å². The van der Waals surface area contributed by atoms with Gasteiger partial charge in [0.25, 0.3) is 0 Å². The van der Waals surface area contributed by atoms with Crippen LogP contribution in [0.2, 0.25) is 0 Å². The number of rotatable bonds is 4. The van der Waals surface area contributed by atoms with Crippen molar-refractivity contribution in [2.75, 3.05) is 18.1 Å². The maximum atomic E-state index is 12.2. The minimum atomic E-state index is -0.304. The summed E-state index contributed by atoms with van der Waals surface area (Å²) in [5.74, 6) is 0.789. The topological polar surface area (TPSA) is 70.7 Å². The molecule has 1 aliphatic heterocycles. The van der Waals surface area contributed by atoms with Crippen LogP contribution in [-0.2, 0) is 4.79 Å². The van der Waals surface area contributed by atoms with Crippen LogP contribution in [0.15, 0.2) is 24.3 Å². The average Bonchev–Trinajstić information content (AvgIpc) is 2.78. The molecule has 3 amide bonds. The number of carbonyl (C=O) groups excluding carboxylic acids is 2. The molecule has 6 nitrogen and oxygen atoms in total. The first-order valence-corrected chi connectivity index (χ1v) is 7.90. The van der Waals surface area contributed by atoms with Crippen LogP contribution in [0, 0.1) is 0 Å². The highest BCUT2D eigenvalue weighted by Crippen LogP contribution is 2.24. The van der Waals surface area contributed by atoms with E-state index in [2.05, 4.69) is 10.6 Å². The molecule has 126 valence electrons. The second-order valence-electron chi connectivity index (χ2n) is 6.68. The van der Waals surface area contributed by atoms with Crippen molar-refractivity contribution in [1.29, 1.82) is 0 Å². The molecule has 0 saturated carbocycles. The Kier molecular flexibility index (Phi) is 5.13. The Morgan fingerprint density at radius 3 is 2.52 bits per heavy atom. The van der Waals surface area contributed by atoms with Crippen LogP contribution in [0.5, 0.6) is 5.75 Å². The van der Waals surface area contributed by atoms with Crippen molar-refractivity contribution < 1.29 is 14.3 Å². The van der Waals surface area contributed by atoms with Crippen LogP contribution in [0.25, 0.3) is 0 Å². The molecule has 1 heterocycles. The number of ether oxygens (including phenoxy) is 1. The Labute approximate surface area is 137 Å². The van der Waals surface area contributed by atoms with Gasteiger partial charge in [0.15, 0.2) is 0 Å². The molecule has 1 aromatic rings. The predicted molar refractivity (Wildman–Crippen MR) is 89.8 cm³/mol. The fourth-order valence-corrected chi connectivity index (χ4v) is 2.50. The van der Waals surface area contributed by atoms with Gasteiger partial charge in [-0.05, 0) is 52.0 Å². The molecule has 0 spiro atoms. The van der Waals surface area contributed by atoms with Crippen LogP contribution >= 0.6 is 0 Å². The van der Waals surface area contributed by atoms with Gasteiger partial charge in [0.05, 0.1) is 12.6 Å². The molecule has 0 unspecified atom stereocenters. The molecular formula is C17H25N3O3. The van der Waals surface area contributed by atoms with Crippen LogP contribution in [0.4, 0.5) is 10.5 Å². The van der Waals surface area contributed by atoms with E-state index >= 15 is 0 Å². The van der Waals surface area contributed by atoms with Gasteiger partial charge in [-0.25, -0.2) is 4.79 Å². The van der Waals surface area contributed by atoms with Gasteiger partial charge in [0, 0.05) is 24.2 Å². The lowest BCUT2D eigenvalue weighted by Crippen LogP contribution is -2.50. The Morgan fingerprint density at radius 2 is 1.96 bits per heavy atom. The molecule has 2 N–H and O–H groups in total. The molecule has 2 rings (SSSR count). The van der Waals surface area contributed by atoms with Crippen molar-refractivity contribution in [2.24, 2.45) is 0 Å². The first-order valence-electron chi connectivity index (χ1n) is 7.90. The highest BCUT2D eigenvalue weighted by molar-refractivity contribution is 5.96. The summed E-state index contributed by atoms with van der Waals surface area (Å²) in [4.78, 5) is 25.8. The number of nitrogens with zero attached hydrogens (tertiary/aromatic N) is 1. The van der Waals surface area contributed by atoms with Crippen LogP contribution in [0.1, 0.15) is 34.1 Å². The lowest BCUT2D eigenvalue weighted by Gasteiger charge is -2.23. The summed E-state index contributed by atoms with van der Waals surface area (Å²) in [5.41, 5.74) is 0.514. The molecule has 1 atom stereocenters. The fraction of sp³-hybridized carbons (Fsp3) is 0.529. The van der Waals surface area contributed by atoms with Crippen molar-refractivity contribution in [3.8, 4) is 5.75 Å². The second kappa shape index (κ2) is 6.89. The Morgan fingerprint density at radius 1 is 1.30 bits per heavy atom. The SMILES string of the molecule is CCOc1ccc(N2C[C@H](NC(=O)NC(C)(C)C)CC2=O)cc1. The van der Waals surface area contributed by atoms with E-state index in [1.807, 2.05) is 52.0 Å². The first kappa shape index (κ1) is 17.1. The summed E-state index contributed by atoms with van der Waals surface area (Å²) in [6.07, 6.45) is 0.310. The van der Waals surface area contributed by atoms with Crippen molar-refractivity contribution >= 4 is 17.6 Å². The van der Waals surface area contributed by atoms with E-state index < -0.39 is 0 Å². The standard InChI is InChI=1S/C17H25N3O3/c1-5-23-14-8-6-13(7-9-14)20-11-12(10-15(20)21)18-16(22)19-17(2,3)4/h6-9,12H,5,10-11H2,1-4H3,(H2,18,19,22)/t12-/m1/s1. The van der Waals surface area contributed by atoms with Gasteiger partial charge < -0.3 is 20.3 Å². The molecule has 1 aromatic carbocycles. The van der Waals surface area contributed by atoms with E-state index in [1.54, 1.807) is 4.90 Å². The second-order valence-corrected chi connectivity index (χ2v) is 6.68. The molecule has 1 aliphatic rings. The number of hydrogen-bond acceptors (Lipinski definition) is 3. The van der Waals surface area contributed by atoms with Gasteiger partial charge >= 0.3 is 6.03 Å². The molecule has 0 aromatic heterocycles. The molecule has 6 heteroatoms. The third-order valence-corrected chi connectivity index (χ3v) is 3.41. The summed E-state index contributed by atoms with van der Waals surface area (Å²) in [6.45, 7) is 8.76. The summed E-state index contributed by atoms with van der Waals surface area (Å²) in [6, 6.07) is 6.99. The van der Waals surface area contributed by atoms with E-state index in [9.17, 15) is 9.59 Å². The molecule has 0 bridgehead atoms. The minimum Gasteiger partial charge on any atom is -0.494 e. The highest BCUT2D eigenvalue weighted by atomic mass is 16.5. The number of benzene rings is 1. The Balaban J connectivity index is 1.95. The van der Waals surface area contributed by atoms with Crippen molar-refractivity contribution in [1.82, 2.24) is 10.6 Å². The smallest absolute Gasteiger partial charge is 0.315 e. The molecule has 1 saturated heterocycles. The number of hydrogen-bond donors (Lipinski definition) is 2. The normalized spacial score (nSPS) is 18.0. The van der Waals surface area contributed by atoms with Gasteiger partial charge in [0.1, 0.15) is 5.75 Å². The lowest BCUT2D eigenvalue weighted by molar-refractivity contribution is -0.117. The average molecular weight is 319 g/mol. The van der Waals surface area contributed by atoms with Crippen molar-refractivity contribution in [3.05, 3.63) is 24.3 Å². The van der Waals surface area contributed by atoms with Crippen molar-refractivity contribution in [2.45, 2.75) is 45.7 Å². The molecule has 23 heavy (non-hydrogen) atoms. The maximum absolute atomic E-state index is 12.2. The first-order chi connectivity index (χ1) is 10.8. The van der Waals surface area contributed by atoms with Gasteiger partial charge in [-0.1, -0.05) is 0 Å². The Bertz CT molecular complexity index is 563.